The minimum atomic E-state index is 0.496. The Labute approximate surface area is 85.0 Å². The predicted octanol–water partition coefficient (Wildman–Crippen LogP) is 1.82. The third-order valence-electron chi connectivity index (χ3n) is 1.99. The molecule has 0 aromatic carbocycles. The normalized spacial score (nSPS) is 10.1. The molecule has 0 radical (unpaired) electrons. The van der Waals surface area contributed by atoms with E-state index in [2.05, 4.69) is 22.9 Å². The Bertz CT molecular complexity index is 289. The van der Waals surface area contributed by atoms with Gasteiger partial charge in [0, 0.05) is 18.9 Å². The zero-order chi connectivity index (χ0) is 10.2. The lowest BCUT2D eigenvalue weighted by Crippen LogP contribution is -2.24. The van der Waals surface area contributed by atoms with Crippen LogP contribution in [0.5, 0.6) is 0 Å². The Kier molecular flexibility index (Phi) is 4.66. The van der Waals surface area contributed by atoms with Gasteiger partial charge in [0.2, 0.25) is 0 Å². The first-order chi connectivity index (χ1) is 6.86. The average molecular weight is 189 g/mol. The molecule has 1 rings (SSSR count). The number of nitriles is 1. The third-order valence-corrected chi connectivity index (χ3v) is 1.99. The molecule has 1 aromatic rings. The first-order valence-corrected chi connectivity index (χ1v) is 4.85. The molecule has 0 N–H and O–H groups in total. The van der Waals surface area contributed by atoms with Crippen LogP contribution in [0, 0.1) is 11.3 Å². The van der Waals surface area contributed by atoms with Crippen LogP contribution in [0.4, 0.5) is 0 Å². The minimum absolute atomic E-state index is 0.496. The summed E-state index contributed by atoms with van der Waals surface area (Å²) in [6, 6.07) is 6.16. The Balaban J connectivity index is 2.52. The van der Waals surface area contributed by atoms with Gasteiger partial charge in [-0.3, -0.25) is 9.88 Å². The highest BCUT2D eigenvalue weighted by Crippen LogP contribution is 2.02. The van der Waals surface area contributed by atoms with Gasteiger partial charge in [0.25, 0.3) is 0 Å². The predicted molar refractivity (Wildman–Crippen MR) is 55.4 cm³/mol. The van der Waals surface area contributed by atoms with Crippen LogP contribution < -0.4 is 0 Å². The topological polar surface area (TPSA) is 39.9 Å². The SMILES string of the molecule is CCCN(CC#N)Cc1ccncc1. The number of hydrogen-bond acceptors (Lipinski definition) is 3. The summed E-state index contributed by atoms with van der Waals surface area (Å²) in [5, 5.41) is 8.64. The molecule has 0 fully saturated rings. The molecule has 14 heavy (non-hydrogen) atoms. The quantitative estimate of drug-likeness (QED) is 0.663. The first kappa shape index (κ1) is 10.7. The van der Waals surface area contributed by atoms with Crippen molar-refractivity contribution in [2.45, 2.75) is 19.9 Å². The second kappa shape index (κ2) is 6.11. The lowest BCUT2D eigenvalue weighted by atomic mass is 10.2. The van der Waals surface area contributed by atoms with Crippen LogP contribution in [0.3, 0.4) is 0 Å². The van der Waals surface area contributed by atoms with Gasteiger partial charge in [0.05, 0.1) is 12.6 Å². The molecule has 0 bridgehead atoms. The van der Waals surface area contributed by atoms with E-state index in [1.807, 2.05) is 12.1 Å². The van der Waals surface area contributed by atoms with Crippen LogP contribution in [-0.4, -0.2) is 23.0 Å². The largest absolute Gasteiger partial charge is 0.286 e. The van der Waals surface area contributed by atoms with Crippen LogP contribution in [0.2, 0.25) is 0 Å². The number of hydrogen-bond donors (Lipinski definition) is 0. The summed E-state index contributed by atoms with van der Waals surface area (Å²) in [5.41, 5.74) is 1.21. The molecule has 0 aliphatic rings. The fraction of sp³-hybridized carbons (Fsp3) is 0.455. The Morgan fingerprint density at radius 1 is 1.43 bits per heavy atom. The maximum Gasteiger partial charge on any atom is 0.0868 e. The van der Waals surface area contributed by atoms with Gasteiger partial charge in [0.1, 0.15) is 0 Å². The smallest absolute Gasteiger partial charge is 0.0868 e. The Morgan fingerprint density at radius 3 is 2.71 bits per heavy atom. The van der Waals surface area contributed by atoms with Crippen molar-refractivity contribution in [3.63, 3.8) is 0 Å². The van der Waals surface area contributed by atoms with E-state index in [0.717, 1.165) is 19.5 Å². The molecule has 3 nitrogen and oxygen atoms in total. The molecule has 3 heteroatoms. The molecule has 0 atom stereocenters. The van der Waals surface area contributed by atoms with Crippen molar-refractivity contribution in [3.8, 4) is 6.07 Å². The van der Waals surface area contributed by atoms with Gasteiger partial charge in [0.15, 0.2) is 0 Å². The van der Waals surface area contributed by atoms with E-state index in [-0.39, 0.29) is 0 Å². The van der Waals surface area contributed by atoms with Crippen LogP contribution in [0.25, 0.3) is 0 Å². The van der Waals surface area contributed by atoms with Crippen LogP contribution >= 0.6 is 0 Å². The maximum absolute atomic E-state index is 8.64. The Morgan fingerprint density at radius 2 is 2.14 bits per heavy atom. The summed E-state index contributed by atoms with van der Waals surface area (Å²) in [6.45, 7) is 4.42. The third kappa shape index (κ3) is 3.55. The van der Waals surface area contributed by atoms with E-state index in [9.17, 15) is 0 Å². The summed E-state index contributed by atoms with van der Waals surface area (Å²) in [5.74, 6) is 0. The van der Waals surface area contributed by atoms with Gasteiger partial charge in [-0.25, -0.2) is 0 Å². The Hall–Kier alpha value is -1.40. The molecule has 0 saturated carbocycles. The highest BCUT2D eigenvalue weighted by atomic mass is 15.1. The summed E-state index contributed by atoms with van der Waals surface area (Å²) in [6.07, 6.45) is 4.64. The molecule has 0 saturated heterocycles. The second-order valence-electron chi connectivity index (χ2n) is 3.22. The summed E-state index contributed by atoms with van der Waals surface area (Å²) < 4.78 is 0. The molecule has 74 valence electrons. The van der Waals surface area contributed by atoms with Gasteiger partial charge < -0.3 is 0 Å². The van der Waals surface area contributed by atoms with Crippen molar-refractivity contribution in [3.05, 3.63) is 30.1 Å². The standard InChI is InChI=1S/C11H15N3/c1-2-8-14(9-5-12)10-11-3-6-13-7-4-11/h3-4,6-7H,2,8-10H2,1H3. The van der Waals surface area contributed by atoms with Gasteiger partial charge >= 0.3 is 0 Å². The van der Waals surface area contributed by atoms with Gasteiger partial charge in [-0.15, -0.1) is 0 Å². The fourth-order valence-corrected chi connectivity index (χ4v) is 1.38. The number of nitrogens with zero attached hydrogens (tertiary/aromatic N) is 3. The molecule has 0 aliphatic heterocycles. The van der Waals surface area contributed by atoms with Crippen LogP contribution in [-0.2, 0) is 6.54 Å². The van der Waals surface area contributed by atoms with E-state index in [1.165, 1.54) is 5.56 Å². The molecule has 0 unspecified atom stereocenters. The van der Waals surface area contributed by atoms with E-state index < -0.39 is 0 Å². The van der Waals surface area contributed by atoms with Gasteiger partial charge in [-0.2, -0.15) is 5.26 Å². The van der Waals surface area contributed by atoms with Crippen molar-refractivity contribution in [1.29, 1.82) is 5.26 Å². The van der Waals surface area contributed by atoms with Gasteiger partial charge in [-0.05, 0) is 30.7 Å². The summed E-state index contributed by atoms with van der Waals surface area (Å²) in [4.78, 5) is 6.10. The number of pyridine rings is 1. The van der Waals surface area contributed by atoms with Crippen LogP contribution in [0.1, 0.15) is 18.9 Å². The molecular weight excluding hydrogens is 174 g/mol. The zero-order valence-corrected chi connectivity index (χ0v) is 8.48. The molecule has 0 aliphatic carbocycles. The molecule has 1 aromatic heterocycles. The number of aromatic nitrogens is 1. The number of rotatable bonds is 5. The molecule has 0 spiro atoms. The molecule has 0 amide bonds. The summed E-state index contributed by atoms with van der Waals surface area (Å²) >= 11 is 0. The van der Waals surface area contributed by atoms with Gasteiger partial charge in [-0.1, -0.05) is 6.92 Å². The van der Waals surface area contributed by atoms with E-state index in [1.54, 1.807) is 12.4 Å². The second-order valence-corrected chi connectivity index (χ2v) is 3.22. The van der Waals surface area contributed by atoms with E-state index in [0.29, 0.717) is 6.54 Å². The summed E-state index contributed by atoms with van der Waals surface area (Å²) in [7, 11) is 0. The van der Waals surface area contributed by atoms with Crippen molar-refractivity contribution in [2.24, 2.45) is 0 Å². The van der Waals surface area contributed by atoms with E-state index in [4.69, 9.17) is 5.26 Å². The lowest BCUT2D eigenvalue weighted by molar-refractivity contribution is 0.298. The monoisotopic (exact) mass is 189 g/mol. The van der Waals surface area contributed by atoms with Crippen molar-refractivity contribution in [1.82, 2.24) is 9.88 Å². The molecule has 1 heterocycles. The first-order valence-electron chi connectivity index (χ1n) is 4.85. The van der Waals surface area contributed by atoms with Crippen LogP contribution in [0.15, 0.2) is 24.5 Å². The maximum atomic E-state index is 8.64. The highest BCUT2D eigenvalue weighted by molar-refractivity contribution is 5.09. The molecular formula is C11H15N3. The van der Waals surface area contributed by atoms with Crippen molar-refractivity contribution in [2.75, 3.05) is 13.1 Å². The average Bonchev–Trinajstić information content (AvgIpc) is 2.20. The van der Waals surface area contributed by atoms with Crippen molar-refractivity contribution < 1.29 is 0 Å². The fourth-order valence-electron chi connectivity index (χ4n) is 1.38. The minimum Gasteiger partial charge on any atom is -0.286 e. The van der Waals surface area contributed by atoms with Crippen molar-refractivity contribution >= 4 is 0 Å². The van der Waals surface area contributed by atoms with E-state index >= 15 is 0 Å². The highest BCUT2D eigenvalue weighted by Gasteiger charge is 2.03. The zero-order valence-electron chi connectivity index (χ0n) is 8.48. The lowest BCUT2D eigenvalue weighted by Gasteiger charge is -2.17.